The molecule has 3 nitrogen and oxygen atoms in total. The van der Waals surface area contributed by atoms with Gasteiger partial charge in [0.05, 0.1) is 0 Å². The molecule has 0 spiro atoms. The highest BCUT2D eigenvalue weighted by Gasteiger charge is 2.29. The summed E-state index contributed by atoms with van der Waals surface area (Å²) in [5.41, 5.74) is 2.34. The van der Waals surface area contributed by atoms with Crippen LogP contribution in [0.3, 0.4) is 0 Å². The predicted octanol–water partition coefficient (Wildman–Crippen LogP) is 2.32. The number of anilines is 1. The zero-order chi connectivity index (χ0) is 13.2. The highest BCUT2D eigenvalue weighted by Crippen LogP contribution is 2.28. The summed E-state index contributed by atoms with van der Waals surface area (Å²) in [7, 11) is 0. The smallest absolute Gasteiger partial charge is 0.228 e. The summed E-state index contributed by atoms with van der Waals surface area (Å²) in [6, 6.07) is 8.29. The van der Waals surface area contributed by atoms with Gasteiger partial charge in [0.25, 0.3) is 0 Å². The number of hydrogen-bond acceptors (Lipinski definition) is 3. The summed E-state index contributed by atoms with van der Waals surface area (Å²) in [5.74, 6) is 0.203. The fourth-order valence-electron chi connectivity index (χ4n) is 3.01. The molecule has 19 heavy (non-hydrogen) atoms. The summed E-state index contributed by atoms with van der Waals surface area (Å²) in [4.78, 5) is 16.4. The van der Waals surface area contributed by atoms with Crippen molar-refractivity contribution >= 4 is 24.2 Å². The minimum atomic E-state index is 0.173. The number of rotatable bonds is 3. The molecule has 1 atom stereocenters. The number of benzene rings is 1. The average Bonchev–Trinajstić information content (AvgIpc) is 3.00. The molecule has 1 aromatic rings. The van der Waals surface area contributed by atoms with Gasteiger partial charge in [0, 0.05) is 30.4 Å². The van der Waals surface area contributed by atoms with Crippen LogP contribution in [0.5, 0.6) is 0 Å². The second kappa shape index (κ2) is 5.55. The van der Waals surface area contributed by atoms with Crippen LogP contribution in [0.1, 0.15) is 24.8 Å². The van der Waals surface area contributed by atoms with Crippen molar-refractivity contribution in [2.45, 2.75) is 31.1 Å². The summed E-state index contributed by atoms with van der Waals surface area (Å²) >= 11 is 4.44. The molecule has 3 rings (SSSR count). The zero-order valence-corrected chi connectivity index (χ0v) is 12.0. The Labute approximate surface area is 120 Å². The first-order chi connectivity index (χ1) is 9.24. The SMILES string of the molecule is O=C1CC(S)CN1c1ccccc1CN1CCCC1. The van der Waals surface area contributed by atoms with E-state index < -0.39 is 0 Å². The van der Waals surface area contributed by atoms with Gasteiger partial charge in [-0.05, 0) is 37.6 Å². The third-order valence-electron chi connectivity index (χ3n) is 3.98. The van der Waals surface area contributed by atoms with E-state index in [1.165, 1.54) is 31.5 Å². The van der Waals surface area contributed by atoms with E-state index in [1.807, 2.05) is 11.0 Å². The molecule has 0 bridgehead atoms. The minimum absolute atomic E-state index is 0.173. The molecule has 2 aliphatic heterocycles. The molecule has 1 unspecified atom stereocenters. The summed E-state index contributed by atoms with van der Waals surface area (Å²) < 4.78 is 0. The standard InChI is InChI=1S/C15H20N2OS/c18-15-9-13(19)11-17(15)14-6-2-1-5-12(14)10-16-7-3-4-8-16/h1-2,5-6,13,19H,3-4,7-11H2. The lowest BCUT2D eigenvalue weighted by molar-refractivity contribution is -0.117. The third-order valence-corrected chi connectivity index (χ3v) is 4.33. The number of nitrogens with zero attached hydrogens (tertiary/aromatic N) is 2. The molecular formula is C15H20N2OS. The molecule has 1 amide bonds. The average molecular weight is 276 g/mol. The number of amides is 1. The molecule has 102 valence electrons. The molecule has 2 saturated heterocycles. The van der Waals surface area contributed by atoms with E-state index >= 15 is 0 Å². The fourth-order valence-corrected chi connectivity index (χ4v) is 3.33. The first-order valence-electron chi connectivity index (χ1n) is 7.03. The van der Waals surface area contributed by atoms with Crippen LogP contribution in [0.25, 0.3) is 0 Å². The maximum Gasteiger partial charge on any atom is 0.228 e. The Morgan fingerprint density at radius 2 is 1.95 bits per heavy atom. The van der Waals surface area contributed by atoms with E-state index in [1.54, 1.807) is 0 Å². The van der Waals surface area contributed by atoms with Crippen LogP contribution in [-0.2, 0) is 11.3 Å². The third kappa shape index (κ3) is 2.79. The van der Waals surface area contributed by atoms with Gasteiger partial charge in [0.15, 0.2) is 0 Å². The lowest BCUT2D eigenvalue weighted by Gasteiger charge is -2.23. The number of carbonyl (C=O) groups excluding carboxylic acids is 1. The van der Waals surface area contributed by atoms with Gasteiger partial charge >= 0.3 is 0 Å². The number of likely N-dealkylation sites (tertiary alicyclic amines) is 1. The van der Waals surface area contributed by atoms with Gasteiger partial charge in [-0.25, -0.2) is 0 Å². The van der Waals surface area contributed by atoms with E-state index in [4.69, 9.17) is 0 Å². The van der Waals surface area contributed by atoms with Crippen molar-refractivity contribution in [1.29, 1.82) is 0 Å². The Bertz CT molecular complexity index is 471. The summed E-state index contributed by atoms with van der Waals surface area (Å²) in [6.45, 7) is 4.05. The molecule has 0 N–H and O–H groups in total. The first kappa shape index (κ1) is 13.0. The second-order valence-corrected chi connectivity index (χ2v) is 6.20. The van der Waals surface area contributed by atoms with E-state index in [0.29, 0.717) is 6.42 Å². The highest BCUT2D eigenvalue weighted by molar-refractivity contribution is 7.81. The van der Waals surface area contributed by atoms with Gasteiger partial charge < -0.3 is 4.90 Å². The largest absolute Gasteiger partial charge is 0.311 e. The molecule has 2 heterocycles. The Balaban J connectivity index is 1.82. The summed E-state index contributed by atoms with van der Waals surface area (Å²) in [5, 5.41) is 0.173. The highest BCUT2D eigenvalue weighted by atomic mass is 32.1. The fraction of sp³-hybridized carbons (Fsp3) is 0.533. The van der Waals surface area contributed by atoms with Crippen molar-refractivity contribution in [2.75, 3.05) is 24.5 Å². The zero-order valence-electron chi connectivity index (χ0n) is 11.1. The van der Waals surface area contributed by atoms with E-state index in [2.05, 4.69) is 35.7 Å². The van der Waals surface area contributed by atoms with Crippen molar-refractivity contribution in [3.63, 3.8) is 0 Å². The number of carbonyl (C=O) groups is 1. The van der Waals surface area contributed by atoms with Gasteiger partial charge in [-0.3, -0.25) is 9.69 Å². The molecule has 0 aromatic heterocycles. The Morgan fingerprint density at radius 1 is 1.21 bits per heavy atom. The van der Waals surface area contributed by atoms with Crippen LogP contribution in [-0.4, -0.2) is 35.7 Å². The quantitative estimate of drug-likeness (QED) is 0.857. The lowest BCUT2D eigenvalue weighted by Crippen LogP contribution is -2.27. The molecular weight excluding hydrogens is 256 g/mol. The molecule has 2 fully saturated rings. The van der Waals surface area contributed by atoms with E-state index in [-0.39, 0.29) is 11.2 Å². The van der Waals surface area contributed by atoms with Crippen LogP contribution >= 0.6 is 12.6 Å². The normalized spacial score (nSPS) is 24.4. The summed E-state index contributed by atoms with van der Waals surface area (Å²) in [6.07, 6.45) is 3.15. The molecule has 0 aliphatic carbocycles. The van der Waals surface area contributed by atoms with E-state index in [9.17, 15) is 4.79 Å². The van der Waals surface area contributed by atoms with E-state index in [0.717, 1.165) is 18.8 Å². The van der Waals surface area contributed by atoms with Crippen LogP contribution < -0.4 is 4.90 Å². The van der Waals surface area contributed by atoms with Crippen molar-refractivity contribution in [1.82, 2.24) is 4.90 Å². The Kier molecular flexibility index (Phi) is 3.80. The van der Waals surface area contributed by atoms with Gasteiger partial charge in [-0.2, -0.15) is 12.6 Å². The molecule has 1 aromatic carbocycles. The minimum Gasteiger partial charge on any atom is -0.311 e. The monoisotopic (exact) mass is 276 g/mol. The maximum atomic E-state index is 12.0. The van der Waals surface area contributed by atoms with Crippen molar-refractivity contribution in [3.05, 3.63) is 29.8 Å². The predicted molar refractivity (Wildman–Crippen MR) is 80.7 cm³/mol. The topological polar surface area (TPSA) is 23.6 Å². The van der Waals surface area contributed by atoms with Gasteiger partial charge in [0.1, 0.15) is 0 Å². The van der Waals surface area contributed by atoms with Gasteiger partial charge in [-0.15, -0.1) is 0 Å². The van der Waals surface area contributed by atoms with Crippen molar-refractivity contribution < 1.29 is 4.79 Å². The lowest BCUT2D eigenvalue weighted by atomic mass is 10.1. The molecule has 0 radical (unpaired) electrons. The van der Waals surface area contributed by atoms with Gasteiger partial charge in [0.2, 0.25) is 5.91 Å². The maximum absolute atomic E-state index is 12.0. The van der Waals surface area contributed by atoms with Crippen molar-refractivity contribution in [3.8, 4) is 0 Å². The first-order valence-corrected chi connectivity index (χ1v) is 7.54. The van der Waals surface area contributed by atoms with Crippen LogP contribution in [0, 0.1) is 0 Å². The second-order valence-electron chi connectivity index (χ2n) is 5.47. The Morgan fingerprint density at radius 3 is 2.63 bits per heavy atom. The van der Waals surface area contributed by atoms with Crippen molar-refractivity contribution in [2.24, 2.45) is 0 Å². The van der Waals surface area contributed by atoms with Crippen LogP contribution in [0.4, 0.5) is 5.69 Å². The van der Waals surface area contributed by atoms with Gasteiger partial charge in [-0.1, -0.05) is 18.2 Å². The molecule has 0 saturated carbocycles. The Hall–Kier alpha value is -1.00. The number of thiol groups is 1. The molecule has 2 aliphatic rings. The number of para-hydroxylation sites is 1. The van der Waals surface area contributed by atoms with Crippen LogP contribution in [0.2, 0.25) is 0 Å². The molecule has 4 heteroatoms. The number of hydrogen-bond donors (Lipinski definition) is 1. The van der Waals surface area contributed by atoms with Crippen LogP contribution in [0.15, 0.2) is 24.3 Å².